The van der Waals surface area contributed by atoms with Gasteiger partial charge in [-0.3, -0.25) is 0 Å². The highest BCUT2D eigenvalue weighted by Crippen LogP contribution is 2.39. The molecule has 0 spiro atoms. The Kier molecular flexibility index (Phi) is 11.9. The Balaban J connectivity index is 1.30. The first-order valence-corrected chi connectivity index (χ1v) is 16.9. The molecular weight excluding hydrogens is 662 g/mol. The lowest BCUT2D eigenvalue weighted by Gasteiger charge is -2.41. The van der Waals surface area contributed by atoms with Gasteiger partial charge in [0.05, 0.1) is 39.1 Å². The lowest BCUT2D eigenvalue weighted by Crippen LogP contribution is -2.47. The maximum absolute atomic E-state index is 15.0. The number of methoxy groups -OCH3 is 1. The number of aliphatic hydroxyl groups excluding tert-OH is 2. The first-order chi connectivity index (χ1) is 24.4. The molecule has 0 bridgehead atoms. The van der Waals surface area contributed by atoms with Crippen LogP contribution in [0.4, 0.5) is 8.78 Å². The summed E-state index contributed by atoms with van der Waals surface area (Å²) >= 11 is 6.60. The third kappa shape index (κ3) is 8.24. The summed E-state index contributed by atoms with van der Waals surface area (Å²) in [6, 6.07) is 34.9. The molecule has 260 valence electrons. The number of ether oxygens (including phenoxy) is 4. The lowest BCUT2D eigenvalue weighted by molar-refractivity contribution is -0.216. The van der Waals surface area contributed by atoms with Crippen LogP contribution in [0, 0.1) is 11.6 Å². The third-order valence-corrected chi connectivity index (χ3v) is 9.40. The number of benzene rings is 5. The summed E-state index contributed by atoms with van der Waals surface area (Å²) in [5.41, 5.74) is 4.64. The molecule has 0 aliphatic carbocycles. The maximum Gasteiger partial charge on any atom is 0.200 e. The van der Waals surface area contributed by atoms with Crippen molar-refractivity contribution in [1.82, 2.24) is 0 Å². The van der Waals surface area contributed by atoms with Gasteiger partial charge in [0.1, 0.15) is 18.3 Å². The summed E-state index contributed by atoms with van der Waals surface area (Å²) in [5.74, 6) is -2.25. The molecule has 2 N–H and O–H groups in total. The van der Waals surface area contributed by atoms with E-state index in [1.54, 1.807) is 12.1 Å². The largest absolute Gasteiger partial charge is 0.494 e. The fourth-order valence-corrected chi connectivity index (χ4v) is 6.55. The molecule has 5 atom stereocenters. The molecule has 5 aromatic rings. The molecule has 9 heteroatoms. The summed E-state index contributed by atoms with van der Waals surface area (Å²) in [5, 5.41) is 22.0. The summed E-state index contributed by atoms with van der Waals surface area (Å²) < 4.78 is 54.1. The van der Waals surface area contributed by atoms with Gasteiger partial charge >= 0.3 is 0 Å². The standard InChI is InChI=1S/C41H39ClF2O6/c1-47-35-19-17-28(37(43)38(35)44)20-31-21-29(16-18-34(31)42)40-41(49-24-26-10-4-2-5-11-26)36(22-32(23-45)50-40)48-25-30-14-8-9-15-33(30)39(46)27-12-6-3-7-13-27/h2-19,21,32,36,39-41,45-46H,20,22-25H2,1H3. The minimum Gasteiger partial charge on any atom is -0.494 e. The summed E-state index contributed by atoms with van der Waals surface area (Å²) in [6.45, 7) is 0.200. The van der Waals surface area contributed by atoms with E-state index in [0.29, 0.717) is 22.6 Å². The molecule has 5 unspecified atom stereocenters. The van der Waals surface area contributed by atoms with Gasteiger partial charge in [-0.25, -0.2) is 4.39 Å². The molecule has 50 heavy (non-hydrogen) atoms. The van der Waals surface area contributed by atoms with Crippen LogP contribution in [0.1, 0.15) is 57.6 Å². The van der Waals surface area contributed by atoms with Gasteiger partial charge in [-0.2, -0.15) is 4.39 Å². The van der Waals surface area contributed by atoms with Gasteiger partial charge in [0, 0.05) is 17.9 Å². The van der Waals surface area contributed by atoms with Crippen molar-refractivity contribution in [3.63, 3.8) is 0 Å². The highest BCUT2D eigenvalue weighted by molar-refractivity contribution is 6.31. The van der Waals surface area contributed by atoms with Gasteiger partial charge in [0.25, 0.3) is 0 Å². The molecular formula is C41H39ClF2O6. The van der Waals surface area contributed by atoms with Gasteiger partial charge in [-0.05, 0) is 51.1 Å². The monoisotopic (exact) mass is 700 g/mol. The van der Waals surface area contributed by atoms with Gasteiger partial charge in [-0.15, -0.1) is 0 Å². The van der Waals surface area contributed by atoms with Gasteiger partial charge < -0.3 is 29.2 Å². The SMILES string of the molecule is COc1ccc(Cc2cc(C3OC(CO)CC(OCc4ccccc4C(O)c4ccccc4)C3OCc3ccccc3)ccc2Cl)c(F)c1F. The Morgan fingerprint density at radius 3 is 2.26 bits per heavy atom. The van der Waals surface area contributed by atoms with Crippen molar-refractivity contribution in [3.05, 3.63) is 171 Å². The Labute approximate surface area is 295 Å². The molecule has 1 fully saturated rings. The number of aliphatic hydroxyl groups is 2. The van der Waals surface area contributed by atoms with Crippen molar-refractivity contribution < 1.29 is 37.9 Å². The fraction of sp³-hybridized carbons (Fsp3) is 0.268. The minimum atomic E-state index is -1.06. The Bertz CT molecular complexity index is 1860. The molecule has 5 aromatic carbocycles. The predicted octanol–water partition coefficient (Wildman–Crippen LogP) is 8.29. The number of hydrogen-bond donors (Lipinski definition) is 2. The van der Waals surface area contributed by atoms with Crippen molar-refractivity contribution in [2.24, 2.45) is 0 Å². The van der Waals surface area contributed by atoms with Crippen molar-refractivity contribution in [2.75, 3.05) is 13.7 Å². The van der Waals surface area contributed by atoms with Crippen LogP contribution in [0.25, 0.3) is 0 Å². The average Bonchev–Trinajstić information content (AvgIpc) is 3.16. The highest BCUT2D eigenvalue weighted by atomic mass is 35.5. The van der Waals surface area contributed by atoms with Crippen LogP contribution in [0.2, 0.25) is 5.02 Å². The predicted molar refractivity (Wildman–Crippen MR) is 187 cm³/mol. The molecule has 0 amide bonds. The number of rotatable bonds is 13. The van der Waals surface area contributed by atoms with E-state index in [-0.39, 0.29) is 37.6 Å². The van der Waals surface area contributed by atoms with Crippen molar-refractivity contribution in [2.45, 2.75) is 56.6 Å². The Morgan fingerprint density at radius 2 is 1.52 bits per heavy atom. The first kappa shape index (κ1) is 35.7. The van der Waals surface area contributed by atoms with Crippen molar-refractivity contribution >= 4 is 11.6 Å². The lowest BCUT2D eigenvalue weighted by atomic mass is 9.91. The van der Waals surface area contributed by atoms with Crippen LogP contribution < -0.4 is 4.74 Å². The van der Waals surface area contributed by atoms with E-state index in [1.807, 2.05) is 91.0 Å². The molecule has 0 aromatic heterocycles. The van der Waals surface area contributed by atoms with E-state index in [0.717, 1.165) is 22.3 Å². The average molecular weight is 701 g/mol. The summed E-state index contributed by atoms with van der Waals surface area (Å²) in [7, 11) is 1.28. The molecule has 1 aliphatic heterocycles. The third-order valence-electron chi connectivity index (χ3n) is 9.03. The van der Waals surface area contributed by atoms with Gasteiger partial charge in [0.15, 0.2) is 11.6 Å². The Morgan fingerprint density at radius 1 is 0.800 bits per heavy atom. The van der Waals surface area contributed by atoms with Crippen LogP contribution in [-0.2, 0) is 33.8 Å². The maximum atomic E-state index is 15.0. The smallest absolute Gasteiger partial charge is 0.200 e. The van der Waals surface area contributed by atoms with E-state index >= 15 is 0 Å². The van der Waals surface area contributed by atoms with E-state index < -0.39 is 42.2 Å². The van der Waals surface area contributed by atoms with Crippen molar-refractivity contribution in [1.29, 1.82) is 0 Å². The van der Waals surface area contributed by atoms with Crippen LogP contribution >= 0.6 is 11.6 Å². The molecule has 6 rings (SSSR count). The van der Waals surface area contributed by atoms with Crippen LogP contribution in [-0.4, -0.2) is 42.2 Å². The van der Waals surface area contributed by atoms with Crippen LogP contribution in [0.15, 0.2) is 115 Å². The number of halogens is 3. The van der Waals surface area contributed by atoms with Gasteiger partial charge in [-0.1, -0.05) is 115 Å². The number of hydrogen-bond acceptors (Lipinski definition) is 6. The highest BCUT2D eigenvalue weighted by Gasteiger charge is 2.41. The van der Waals surface area contributed by atoms with Crippen molar-refractivity contribution in [3.8, 4) is 5.75 Å². The minimum absolute atomic E-state index is 0.0194. The second-order valence-electron chi connectivity index (χ2n) is 12.3. The van der Waals surface area contributed by atoms with E-state index in [9.17, 15) is 19.0 Å². The summed E-state index contributed by atoms with van der Waals surface area (Å²) in [4.78, 5) is 0. The molecule has 1 aliphatic rings. The topological polar surface area (TPSA) is 77.4 Å². The normalized spacial score (nSPS) is 19.6. The van der Waals surface area contributed by atoms with Crippen LogP contribution in [0.5, 0.6) is 5.75 Å². The zero-order chi connectivity index (χ0) is 35.0. The molecule has 1 saturated heterocycles. The second-order valence-corrected chi connectivity index (χ2v) is 12.7. The molecule has 0 saturated carbocycles. The van der Waals surface area contributed by atoms with E-state index in [2.05, 4.69) is 0 Å². The second kappa shape index (κ2) is 16.7. The quantitative estimate of drug-likeness (QED) is 0.129. The fourth-order valence-electron chi connectivity index (χ4n) is 6.36. The molecule has 1 heterocycles. The van der Waals surface area contributed by atoms with Crippen LogP contribution in [0.3, 0.4) is 0 Å². The zero-order valence-electron chi connectivity index (χ0n) is 27.6. The molecule has 0 radical (unpaired) electrons. The first-order valence-electron chi connectivity index (χ1n) is 16.5. The van der Waals surface area contributed by atoms with E-state index in [1.165, 1.54) is 19.2 Å². The zero-order valence-corrected chi connectivity index (χ0v) is 28.3. The Hall–Kier alpha value is -4.15. The van der Waals surface area contributed by atoms with E-state index in [4.69, 9.17) is 30.5 Å². The van der Waals surface area contributed by atoms with Gasteiger partial charge in [0.2, 0.25) is 5.82 Å². The molecule has 6 nitrogen and oxygen atoms in total. The summed E-state index contributed by atoms with van der Waals surface area (Å²) in [6.07, 6.45) is -2.90.